The Morgan fingerprint density at radius 1 is 1.16 bits per heavy atom. The number of amides is 1. The van der Waals surface area contributed by atoms with Gasteiger partial charge in [-0.2, -0.15) is 0 Å². The number of nitrogens with one attached hydrogen (secondary N) is 1. The maximum absolute atomic E-state index is 12.2. The molecule has 0 heterocycles. The maximum Gasteiger partial charge on any atom is 0.255 e. The first-order valence-electron chi connectivity index (χ1n) is 6.37. The van der Waals surface area contributed by atoms with Crippen LogP contribution in [0.2, 0.25) is 0 Å². The molecule has 0 aliphatic heterocycles. The molecule has 2 aromatic rings. The first-order valence-corrected chi connectivity index (χ1v) is 6.37. The van der Waals surface area contributed by atoms with Crippen molar-refractivity contribution >= 4 is 17.3 Å². The van der Waals surface area contributed by atoms with Crippen molar-refractivity contribution in [3.05, 3.63) is 59.2 Å². The number of nitrogens with two attached hydrogens (primary N) is 1. The number of nitrogen functional groups attached to an aromatic ring is 1. The molecule has 3 N–H and O–H groups in total. The SMILES string of the molecule is CCc1cccc(C)c1NC(=O)c1ccc(N)cc1. The van der Waals surface area contributed by atoms with Crippen molar-refractivity contribution in [1.82, 2.24) is 0 Å². The van der Waals surface area contributed by atoms with Crippen molar-refractivity contribution in [1.29, 1.82) is 0 Å². The van der Waals surface area contributed by atoms with Gasteiger partial charge < -0.3 is 11.1 Å². The third kappa shape index (κ3) is 2.94. The van der Waals surface area contributed by atoms with Crippen LogP contribution in [0.1, 0.15) is 28.4 Å². The highest BCUT2D eigenvalue weighted by atomic mass is 16.1. The number of rotatable bonds is 3. The van der Waals surface area contributed by atoms with Crippen LogP contribution in [0.3, 0.4) is 0 Å². The number of para-hydroxylation sites is 1. The number of hydrogen-bond acceptors (Lipinski definition) is 2. The van der Waals surface area contributed by atoms with Crippen molar-refractivity contribution in [2.24, 2.45) is 0 Å². The fourth-order valence-corrected chi connectivity index (χ4v) is 2.02. The molecule has 0 aromatic heterocycles. The van der Waals surface area contributed by atoms with Crippen molar-refractivity contribution in [3.63, 3.8) is 0 Å². The lowest BCUT2D eigenvalue weighted by Gasteiger charge is -2.13. The van der Waals surface area contributed by atoms with Gasteiger partial charge in [0.1, 0.15) is 0 Å². The molecule has 0 fully saturated rings. The molecule has 0 aliphatic carbocycles. The lowest BCUT2D eigenvalue weighted by atomic mass is 10.1. The van der Waals surface area contributed by atoms with Crippen molar-refractivity contribution in [2.75, 3.05) is 11.1 Å². The highest BCUT2D eigenvalue weighted by molar-refractivity contribution is 6.05. The van der Waals surface area contributed by atoms with Gasteiger partial charge in [-0.3, -0.25) is 4.79 Å². The first-order chi connectivity index (χ1) is 9.11. The maximum atomic E-state index is 12.2. The van der Waals surface area contributed by atoms with Gasteiger partial charge in [0.05, 0.1) is 0 Å². The van der Waals surface area contributed by atoms with Gasteiger partial charge in [-0.1, -0.05) is 25.1 Å². The van der Waals surface area contributed by atoms with E-state index in [0.29, 0.717) is 11.3 Å². The molecular formula is C16H18N2O. The quantitative estimate of drug-likeness (QED) is 0.825. The number of anilines is 2. The molecular weight excluding hydrogens is 236 g/mol. The van der Waals surface area contributed by atoms with Crippen LogP contribution in [0.4, 0.5) is 11.4 Å². The second kappa shape index (κ2) is 5.57. The number of carbonyl (C=O) groups excluding carboxylic acids is 1. The van der Waals surface area contributed by atoms with Gasteiger partial charge in [0.25, 0.3) is 5.91 Å². The van der Waals surface area contributed by atoms with E-state index in [1.54, 1.807) is 24.3 Å². The molecule has 0 saturated heterocycles. The predicted molar refractivity (Wildman–Crippen MR) is 79.4 cm³/mol. The Morgan fingerprint density at radius 3 is 2.47 bits per heavy atom. The summed E-state index contributed by atoms with van der Waals surface area (Å²) < 4.78 is 0. The molecule has 0 spiro atoms. The molecule has 98 valence electrons. The third-order valence-electron chi connectivity index (χ3n) is 3.15. The molecule has 2 aromatic carbocycles. The van der Waals surface area contributed by atoms with Gasteiger partial charge in [0, 0.05) is 16.9 Å². The highest BCUT2D eigenvalue weighted by Gasteiger charge is 2.10. The third-order valence-corrected chi connectivity index (χ3v) is 3.15. The van der Waals surface area contributed by atoms with E-state index in [-0.39, 0.29) is 5.91 Å². The molecule has 0 atom stereocenters. The van der Waals surface area contributed by atoms with Crippen LogP contribution in [-0.4, -0.2) is 5.91 Å². The summed E-state index contributed by atoms with van der Waals surface area (Å²) in [6.45, 7) is 4.07. The largest absolute Gasteiger partial charge is 0.399 e. The summed E-state index contributed by atoms with van der Waals surface area (Å²) in [5, 5.41) is 2.99. The topological polar surface area (TPSA) is 55.1 Å². The van der Waals surface area contributed by atoms with E-state index in [0.717, 1.165) is 23.2 Å². The Bertz CT molecular complexity index is 588. The second-order valence-corrected chi connectivity index (χ2v) is 4.54. The summed E-state index contributed by atoms with van der Waals surface area (Å²) in [5.74, 6) is -0.107. The molecule has 0 unspecified atom stereocenters. The average Bonchev–Trinajstić information content (AvgIpc) is 2.41. The summed E-state index contributed by atoms with van der Waals surface area (Å²) in [6.07, 6.45) is 0.888. The molecule has 0 saturated carbocycles. The molecule has 0 aliphatic rings. The van der Waals surface area contributed by atoms with Crippen LogP contribution in [0.15, 0.2) is 42.5 Å². The lowest BCUT2D eigenvalue weighted by molar-refractivity contribution is 0.102. The number of benzene rings is 2. The molecule has 2 rings (SSSR count). The van der Waals surface area contributed by atoms with Crippen molar-refractivity contribution < 1.29 is 4.79 Å². The summed E-state index contributed by atoms with van der Waals surface area (Å²) in [7, 11) is 0. The Hall–Kier alpha value is -2.29. The normalized spacial score (nSPS) is 10.2. The Labute approximate surface area is 113 Å². The van der Waals surface area contributed by atoms with E-state index in [1.807, 2.05) is 25.1 Å². The van der Waals surface area contributed by atoms with Gasteiger partial charge in [0.2, 0.25) is 0 Å². The van der Waals surface area contributed by atoms with Crippen LogP contribution in [0, 0.1) is 6.92 Å². The van der Waals surface area contributed by atoms with E-state index in [4.69, 9.17) is 5.73 Å². The zero-order valence-corrected chi connectivity index (χ0v) is 11.2. The number of carbonyl (C=O) groups is 1. The minimum Gasteiger partial charge on any atom is -0.399 e. The van der Waals surface area contributed by atoms with Gasteiger partial charge in [-0.25, -0.2) is 0 Å². The predicted octanol–water partition coefficient (Wildman–Crippen LogP) is 3.39. The Kier molecular flexibility index (Phi) is 3.85. The Morgan fingerprint density at radius 2 is 1.84 bits per heavy atom. The molecule has 19 heavy (non-hydrogen) atoms. The minimum absolute atomic E-state index is 0.107. The molecule has 3 nitrogen and oxygen atoms in total. The summed E-state index contributed by atoms with van der Waals surface area (Å²) >= 11 is 0. The molecule has 0 bridgehead atoms. The first kappa shape index (κ1) is 13.1. The van der Waals surface area contributed by atoms with Crippen LogP contribution in [-0.2, 0) is 6.42 Å². The van der Waals surface area contributed by atoms with Crippen molar-refractivity contribution in [2.45, 2.75) is 20.3 Å². The molecule has 0 radical (unpaired) electrons. The van der Waals surface area contributed by atoms with Crippen LogP contribution in [0.5, 0.6) is 0 Å². The van der Waals surface area contributed by atoms with Crippen LogP contribution >= 0.6 is 0 Å². The minimum atomic E-state index is -0.107. The molecule has 3 heteroatoms. The number of aryl methyl sites for hydroxylation is 2. The number of hydrogen-bond donors (Lipinski definition) is 2. The van der Waals surface area contributed by atoms with Crippen molar-refractivity contribution in [3.8, 4) is 0 Å². The van der Waals surface area contributed by atoms with Crippen LogP contribution < -0.4 is 11.1 Å². The van der Waals surface area contributed by atoms with E-state index >= 15 is 0 Å². The van der Waals surface area contributed by atoms with E-state index < -0.39 is 0 Å². The standard InChI is InChI=1S/C16H18N2O/c1-3-12-6-4-5-11(2)15(12)18-16(19)13-7-9-14(17)10-8-13/h4-10H,3,17H2,1-2H3,(H,18,19). The van der Waals surface area contributed by atoms with E-state index in [1.165, 1.54) is 0 Å². The Balaban J connectivity index is 2.26. The van der Waals surface area contributed by atoms with Gasteiger partial charge in [-0.15, -0.1) is 0 Å². The van der Waals surface area contributed by atoms with Crippen LogP contribution in [0.25, 0.3) is 0 Å². The van der Waals surface area contributed by atoms with Gasteiger partial charge >= 0.3 is 0 Å². The van der Waals surface area contributed by atoms with Gasteiger partial charge in [0.15, 0.2) is 0 Å². The zero-order valence-electron chi connectivity index (χ0n) is 11.2. The summed E-state index contributed by atoms with van der Waals surface area (Å²) in [5.41, 5.74) is 10.0. The lowest BCUT2D eigenvalue weighted by Crippen LogP contribution is -2.14. The smallest absolute Gasteiger partial charge is 0.255 e. The second-order valence-electron chi connectivity index (χ2n) is 4.54. The zero-order chi connectivity index (χ0) is 13.8. The molecule has 1 amide bonds. The average molecular weight is 254 g/mol. The monoisotopic (exact) mass is 254 g/mol. The highest BCUT2D eigenvalue weighted by Crippen LogP contribution is 2.22. The van der Waals surface area contributed by atoms with E-state index in [9.17, 15) is 4.79 Å². The summed E-state index contributed by atoms with van der Waals surface area (Å²) in [4.78, 5) is 12.2. The fourth-order valence-electron chi connectivity index (χ4n) is 2.02. The fraction of sp³-hybridized carbons (Fsp3) is 0.188. The van der Waals surface area contributed by atoms with E-state index in [2.05, 4.69) is 12.2 Å². The van der Waals surface area contributed by atoms with Gasteiger partial charge in [-0.05, 0) is 48.7 Å². The summed E-state index contributed by atoms with van der Waals surface area (Å²) in [6, 6.07) is 13.0.